The van der Waals surface area contributed by atoms with Gasteiger partial charge < -0.3 is 9.47 Å². The molecule has 0 heterocycles. The van der Waals surface area contributed by atoms with Crippen LogP contribution in [0.1, 0.15) is 26.3 Å². The van der Waals surface area contributed by atoms with Crippen molar-refractivity contribution < 1.29 is 23.5 Å². The van der Waals surface area contributed by atoms with E-state index < -0.39 is 11.8 Å². The van der Waals surface area contributed by atoms with Crippen molar-refractivity contribution in [2.75, 3.05) is 7.11 Å². The number of ether oxygens (including phenoxy) is 2. The van der Waals surface area contributed by atoms with E-state index >= 15 is 0 Å². The molecule has 2 aromatic carbocycles. The van der Waals surface area contributed by atoms with Gasteiger partial charge in [0.1, 0.15) is 18.2 Å². The predicted molar refractivity (Wildman–Crippen MR) is 73.9 cm³/mol. The van der Waals surface area contributed by atoms with E-state index in [-0.39, 0.29) is 23.5 Å². The number of hydrogen-bond acceptors (Lipinski definition) is 4. The van der Waals surface area contributed by atoms with Crippen molar-refractivity contribution in [1.82, 2.24) is 0 Å². The van der Waals surface area contributed by atoms with Crippen LogP contribution in [-0.2, 0) is 11.3 Å². The SMILES string of the molecule is COC(=O)c1cc(C=O)c(OCc2ccccc2)cc1F. The van der Waals surface area contributed by atoms with Crippen molar-refractivity contribution in [3.05, 3.63) is 65.0 Å². The highest BCUT2D eigenvalue weighted by molar-refractivity contribution is 5.93. The monoisotopic (exact) mass is 288 g/mol. The highest BCUT2D eigenvalue weighted by Gasteiger charge is 2.17. The maximum absolute atomic E-state index is 13.8. The van der Waals surface area contributed by atoms with Crippen molar-refractivity contribution >= 4 is 12.3 Å². The number of carbonyl (C=O) groups is 2. The fourth-order valence-corrected chi connectivity index (χ4v) is 1.79. The Morgan fingerprint density at radius 2 is 1.95 bits per heavy atom. The second-order valence-corrected chi connectivity index (χ2v) is 4.25. The average Bonchev–Trinajstić information content (AvgIpc) is 2.53. The fraction of sp³-hybridized carbons (Fsp3) is 0.125. The van der Waals surface area contributed by atoms with Crippen LogP contribution in [0.4, 0.5) is 4.39 Å². The lowest BCUT2D eigenvalue weighted by Crippen LogP contribution is -2.07. The highest BCUT2D eigenvalue weighted by atomic mass is 19.1. The summed E-state index contributed by atoms with van der Waals surface area (Å²) in [6.07, 6.45) is 0.506. The van der Waals surface area contributed by atoms with Gasteiger partial charge in [0.2, 0.25) is 0 Å². The normalized spacial score (nSPS) is 10.0. The molecule has 0 bridgehead atoms. The molecule has 0 N–H and O–H groups in total. The molecule has 0 aliphatic carbocycles. The van der Waals surface area contributed by atoms with E-state index in [1.54, 1.807) is 0 Å². The third-order valence-corrected chi connectivity index (χ3v) is 2.87. The van der Waals surface area contributed by atoms with E-state index in [9.17, 15) is 14.0 Å². The van der Waals surface area contributed by atoms with Crippen LogP contribution in [0.15, 0.2) is 42.5 Å². The van der Waals surface area contributed by atoms with Gasteiger partial charge in [0, 0.05) is 6.07 Å². The van der Waals surface area contributed by atoms with Crippen molar-refractivity contribution in [1.29, 1.82) is 0 Å². The predicted octanol–water partition coefficient (Wildman–Crippen LogP) is 3.00. The molecule has 0 saturated heterocycles. The highest BCUT2D eigenvalue weighted by Crippen LogP contribution is 2.23. The first-order valence-corrected chi connectivity index (χ1v) is 6.19. The van der Waals surface area contributed by atoms with E-state index in [0.29, 0.717) is 6.29 Å². The summed E-state index contributed by atoms with van der Waals surface area (Å²) < 4.78 is 23.7. The summed E-state index contributed by atoms with van der Waals surface area (Å²) in [5, 5.41) is 0. The number of rotatable bonds is 5. The molecule has 4 nitrogen and oxygen atoms in total. The lowest BCUT2D eigenvalue weighted by Gasteiger charge is -2.10. The zero-order valence-corrected chi connectivity index (χ0v) is 11.3. The van der Waals surface area contributed by atoms with E-state index in [4.69, 9.17) is 4.74 Å². The molecular formula is C16H13FO4. The molecule has 2 rings (SSSR count). The number of hydrogen-bond donors (Lipinski definition) is 0. The molecule has 0 aromatic heterocycles. The summed E-state index contributed by atoms with van der Waals surface area (Å²) in [6, 6.07) is 11.4. The standard InChI is InChI=1S/C16H13FO4/c1-20-16(19)13-7-12(9-18)15(8-14(13)17)21-10-11-5-3-2-4-6-11/h2-9H,10H2,1H3. The van der Waals surface area contributed by atoms with Gasteiger partial charge in [-0.15, -0.1) is 0 Å². The first-order chi connectivity index (χ1) is 10.2. The first kappa shape index (κ1) is 14.7. The molecular weight excluding hydrogens is 275 g/mol. The largest absolute Gasteiger partial charge is 0.488 e. The summed E-state index contributed by atoms with van der Waals surface area (Å²) in [5.74, 6) is -1.56. The van der Waals surface area contributed by atoms with Crippen LogP contribution in [0.25, 0.3) is 0 Å². The molecule has 0 atom stereocenters. The number of benzene rings is 2. The third-order valence-electron chi connectivity index (χ3n) is 2.87. The van der Waals surface area contributed by atoms with Gasteiger partial charge in [-0.05, 0) is 11.6 Å². The molecule has 0 spiro atoms. The second-order valence-electron chi connectivity index (χ2n) is 4.25. The van der Waals surface area contributed by atoms with Crippen molar-refractivity contribution in [3.8, 4) is 5.75 Å². The number of aldehydes is 1. The van der Waals surface area contributed by atoms with Crippen LogP contribution in [0.2, 0.25) is 0 Å². The maximum atomic E-state index is 13.8. The Hall–Kier alpha value is -2.69. The minimum Gasteiger partial charge on any atom is -0.488 e. The van der Waals surface area contributed by atoms with E-state index in [1.807, 2.05) is 30.3 Å². The molecule has 0 amide bonds. The van der Waals surface area contributed by atoms with Gasteiger partial charge in [-0.2, -0.15) is 0 Å². The Labute approximate surface area is 121 Å². The van der Waals surface area contributed by atoms with E-state index in [0.717, 1.165) is 24.8 Å². The minimum atomic E-state index is -0.842. The quantitative estimate of drug-likeness (QED) is 0.627. The molecule has 0 aliphatic rings. The van der Waals surface area contributed by atoms with Crippen LogP contribution in [0, 0.1) is 5.82 Å². The fourth-order valence-electron chi connectivity index (χ4n) is 1.79. The van der Waals surface area contributed by atoms with Gasteiger partial charge >= 0.3 is 5.97 Å². The van der Waals surface area contributed by atoms with Crippen LogP contribution >= 0.6 is 0 Å². The van der Waals surface area contributed by atoms with Gasteiger partial charge in [-0.25, -0.2) is 9.18 Å². The smallest absolute Gasteiger partial charge is 0.340 e. The number of carbonyl (C=O) groups excluding carboxylic acids is 2. The Bertz CT molecular complexity index is 653. The number of esters is 1. The number of methoxy groups -OCH3 is 1. The van der Waals surface area contributed by atoms with Gasteiger partial charge in [-0.1, -0.05) is 30.3 Å². The molecule has 0 saturated carbocycles. The average molecular weight is 288 g/mol. The van der Waals surface area contributed by atoms with Gasteiger partial charge in [0.25, 0.3) is 0 Å². The molecule has 0 aliphatic heterocycles. The van der Waals surface area contributed by atoms with Crippen LogP contribution in [-0.4, -0.2) is 19.4 Å². The molecule has 0 unspecified atom stereocenters. The lowest BCUT2D eigenvalue weighted by atomic mass is 10.1. The summed E-state index contributed by atoms with van der Waals surface area (Å²) in [7, 11) is 1.14. The summed E-state index contributed by atoms with van der Waals surface area (Å²) >= 11 is 0. The Balaban J connectivity index is 2.25. The van der Waals surface area contributed by atoms with Gasteiger partial charge in [-0.3, -0.25) is 4.79 Å². The Morgan fingerprint density at radius 1 is 1.24 bits per heavy atom. The van der Waals surface area contributed by atoms with Crippen LogP contribution < -0.4 is 4.74 Å². The van der Waals surface area contributed by atoms with Crippen molar-refractivity contribution in [3.63, 3.8) is 0 Å². The molecule has 108 valence electrons. The molecule has 21 heavy (non-hydrogen) atoms. The van der Waals surface area contributed by atoms with E-state index in [1.165, 1.54) is 0 Å². The second kappa shape index (κ2) is 6.65. The number of halogens is 1. The molecule has 5 heteroatoms. The Morgan fingerprint density at radius 3 is 2.57 bits per heavy atom. The Kier molecular flexibility index (Phi) is 4.66. The maximum Gasteiger partial charge on any atom is 0.340 e. The first-order valence-electron chi connectivity index (χ1n) is 6.19. The molecule has 0 radical (unpaired) electrons. The van der Waals surface area contributed by atoms with Crippen LogP contribution in [0.5, 0.6) is 5.75 Å². The zero-order valence-electron chi connectivity index (χ0n) is 11.3. The minimum absolute atomic E-state index is 0.0824. The zero-order chi connectivity index (χ0) is 15.2. The summed E-state index contributed by atoms with van der Waals surface area (Å²) in [4.78, 5) is 22.4. The topological polar surface area (TPSA) is 52.6 Å². The van der Waals surface area contributed by atoms with Crippen molar-refractivity contribution in [2.45, 2.75) is 6.61 Å². The third kappa shape index (κ3) is 3.45. The lowest BCUT2D eigenvalue weighted by molar-refractivity contribution is 0.0595. The molecule has 0 fully saturated rings. The van der Waals surface area contributed by atoms with E-state index in [2.05, 4.69) is 4.74 Å². The van der Waals surface area contributed by atoms with Gasteiger partial charge in [0.05, 0.1) is 18.2 Å². The summed E-state index contributed by atoms with van der Waals surface area (Å²) in [6.45, 7) is 0.193. The van der Waals surface area contributed by atoms with Crippen molar-refractivity contribution in [2.24, 2.45) is 0 Å². The van der Waals surface area contributed by atoms with Crippen LogP contribution in [0.3, 0.4) is 0 Å². The molecule has 2 aromatic rings. The summed E-state index contributed by atoms with van der Waals surface area (Å²) in [5.41, 5.74) is 0.672. The van der Waals surface area contributed by atoms with Gasteiger partial charge in [0.15, 0.2) is 6.29 Å².